The Hall–Kier alpha value is -0.380. The second-order valence-electron chi connectivity index (χ2n) is 5.59. The van der Waals surface area contributed by atoms with Crippen LogP contribution in [-0.4, -0.2) is 43.0 Å². The number of halogens is 1. The molecule has 98 valence electrons. The Bertz CT molecular complexity index is 425. The van der Waals surface area contributed by atoms with Crippen LogP contribution in [0.1, 0.15) is 30.0 Å². The van der Waals surface area contributed by atoms with E-state index in [4.69, 9.17) is 0 Å². The summed E-state index contributed by atoms with van der Waals surface area (Å²) in [4.78, 5) is 5.12. The van der Waals surface area contributed by atoms with Crippen molar-refractivity contribution in [2.24, 2.45) is 0 Å². The number of likely N-dealkylation sites (N-methyl/N-ethyl adjacent to an activating group) is 1. The van der Waals surface area contributed by atoms with Gasteiger partial charge in [-0.3, -0.25) is 4.90 Å². The van der Waals surface area contributed by atoms with Gasteiger partial charge in [0.2, 0.25) is 0 Å². The van der Waals surface area contributed by atoms with Gasteiger partial charge in [-0.1, -0.05) is 22.0 Å². The maximum absolute atomic E-state index is 3.59. The molecule has 0 saturated carbocycles. The number of fused-ring (bicyclic) bond motifs is 1. The molecule has 0 spiro atoms. The van der Waals surface area contributed by atoms with Crippen molar-refractivity contribution in [2.75, 3.05) is 33.2 Å². The number of benzene rings is 1. The fourth-order valence-corrected chi connectivity index (χ4v) is 3.68. The van der Waals surface area contributed by atoms with E-state index in [2.05, 4.69) is 51.0 Å². The summed E-state index contributed by atoms with van der Waals surface area (Å²) >= 11 is 3.59. The van der Waals surface area contributed by atoms with Crippen molar-refractivity contribution in [2.45, 2.75) is 25.3 Å². The smallest absolute Gasteiger partial charge is 0.0352 e. The van der Waals surface area contributed by atoms with Gasteiger partial charge in [-0.25, -0.2) is 0 Å². The van der Waals surface area contributed by atoms with Crippen molar-refractivity contribution in [3.8, 4) is 0 Å². The Morgan fingerprint density at radius 2 is 1.94 bits per heavy atom. The molecule has 3 heteroatoms. The van der Waals surface area contributed by atoms with Gasteiger partial charge >= 0.3 is 0 Å². The number of hydrogen-bond donors (Lipinski definition) is 0. The number of piperazine rings is 1. The third kappa shape index (κ3) is 2.49. The molecule has 1 heterocycles. The zero-order valence-corrected chi connectivity index (χ0v) is 12.6. The number of nitrogens with zero attached hydrogens (tertiary/aromatic N) is 2. The van der Waals surface area contributed by atoms with Gasteiger partial charge < -0.3 is 4.90 Å². The largest absolute Gasteiger partial charge is 0.304 e. The quantitative estimate of drug-likeness (QED) is 0.786. The van der Waals surface area contributed by atoms with E-state index >= 15 is 0 Å². The molecule has 1 aliphatic carbocycles. The Morgan fingerprint density at radius 1 is 1.17 bits per heavy atom. The van der Waals surface area contributed by atoms with Crippen molar-refractivity contribution < 1.29 is 0 Å². The summed E-state index contributed by atoms with van der Waals surface area (Å²) in [6, 6.07) is 7.52. The third-order valence-corrected chi connectivity index (χ3v) is 4.86. The Labute approximate surface area is 118 Å². The van der Waals surface area contributed by atoms with Crippen LogP contribution in [0.5, 0.6) is 0 Å². The van der Waals surface area contributed by atoms with Crippen LogP contribution in [0.25, 0.3) is 0 Å². The van der Waals surface area contributed by atoms with Gasteiger partial charge in [0, 0.05) is 36.7 Å². The van der Waals surface area contributed by atoms with E-state index in [0.717, 1.165) is 0 Å². The van der Waals surface area contributed by atoms with Crippen LogP contribution in [0.3, 0.4) is 0 Å². The van der Waals surface area contributed by atoms with Gasteiger partial charge in [-0.05, 0) is 49.6 Å². The molecule has 18 heavy (non-hydrogen) atoms. The van der Waals surface area contributed by atoms with E-state index in [1.807, 2.05) is 0 Å². The molecule has 1 aromatic carbocycles. The molecule has 3 rings (SSSR count). The number of aryl methyl sites for hydroxylation is 1. The first-order valence-electron chi connectivity index (χ1n) is 6.95. The first kappa shape index (κ1) is 12.6. The fourth-order valence-electron chi connectivity index (χ4n) is 3.27. The Kier molecular flexibility index (Phi) is 3.73. The van der Waals surface area contributed by atoms with E-state index in [-0.39, 0.29) is 0 Å². The van der Waals surface area contributed by atoms with E-state index in [1.54, 1.807) is 11.1 Å². The number of rotatable bonds is 1. The molecule has 0 bridgehead atoms. The second kappa shape index (κ2) is 5.32. The first-order chi connectivity index (χ1) is 8.74. The Morgan fingerprint density at radius 3 is 2.72 bits per heavy atom. The molecule has 0 N–H and O–H groups in total. The van der Waals surface area contributed by atoms with Crippen LogP contribution in [-0.2, 0) is 6.42 Å². The lowest BCUT2D eigenvalue weighted by atomic mass is 9.86. The summed E-state index contributed by atoms with van der Waals surface area (Å²) in [6.07, 6.45) is 3.91. The number of hydrogen-bond acceptors (Lipinski definition) is 2. The molecule has 1 atom stereocenters. The maximum atomic E-state index is 3.59. The molecular weight excluding hydrogens is 288 g/mol. The van der Waals surface area contributed by atoms with Crippen molar-refractivity contribution in [1.82, 2.24) is 9.80 Å². The third-order valence-electron chi connectivity index (χ3n) is 4.37. The highest BCUT2D eigenvalue weighted by Crippen LogP contribution is 2.35. The van der Waals surface area contributed by atoms with E-state index < -0.39 is 0 Å². The first-order valence-corrected chi connectivity index (χ1v) is 7.74. The average Bonchev–Trinajstić information content (AvgIpc) is 2.38. The molecular formula is C15H21BrN2. The zero-order valence-electron chi connectivity index (χ0n) is 11.0. The highest BCUT2D eigenvalue weighted by Gasteiger charge is 2.27. The van der Waals surface area contributed by atoms with Crippen molar-refractivity contribution in [3.63, 3.8) is 0 Å². The fraction of sp³-hybridized carbons (Fsp3) is 0.600. The minimum absolute atomic E-state index is 0.663. The van der Waals surface area contributed by atoms with Crippen LogP contribution in [0.15, 0.2) is 22.7 Å². The van der Waals surface area contributed by atoms with Crippen LogP contribution in [0.4, 0.5) is 0 Å². The van der Waals surface area contributed by atoms with E-state index in [9.17, 15) is 0 Å². The normalized spacial score (nSPS) is 26.0. The van der Waals surface area contributed by atoms with Crippen LogP contribution in [0, 0.1) is 0 Å². The molecule has 1 aromatic rings. The minimum Gasteiger partial charge on any atom is -0.304 e. The standard InChI is InChI=1S/C15H21BrN2/c1-17-7-9-18(10-8-17)15-4-2-3-12-11-13(16)5-6-14(12)15/h5-6,11,15H,2-4,7-10H2,1H3/t15-/m0/s1. The predicted molar refractivity (Wildman–Crippen MR) is 78.9 cm³/mol. The van der Waals surface area contributed by atoms with E-state index in [1.165, 1.54) is 49.9 Å². The highest BCUT2D eigenvalue weighted by atomic mass is 79.9. The molecule has 0 amide bonds. The van der Waals surface area contributed by atoms with Crippen molar-refractivity contribution in [1.29, 1.82) is 0 Å². The van der Waals surface area contributed by atoms with Gasteiger partial charge in [0.05, 0.1) is 0 Å². The molecule has 2 aliphatic rings. The minimum atomic E-state index is 0.663. The van der Waals surface area contributed by atoms with Crippen LogP contribution in [0.2, 0.25) is 0 Å². The van der Waals surface area contributed by atoms with Gasteiger partial charge in [0.15, 0.2) is 0 Å². The lowest BCUT2D eigenvalue weighted by Gasteiger charge is -2.40. The molecule has 1 aliphatic heterocycles. The van der Waals surface area contributed by atoms with Gasteiger partial charge in [-0.2, -0.15) is 0 Å². The van der Waals surface area contributed by atoms with Gasteiger partial charge in [0.1, 0.15) is 0 Å². The summed E-state index contributed by atoms with van der Waals surface area (Å²) in [7, 11) is 2.23. The van der Waals surface area contributed by atoms with Crippen molar-refractivity contribution >= 4 is 15.9 Å². The molecule has 0 aromatic heterocycles. The summed E-state index contributed by atoms with van der Waals surface area (Å²) in [5.74, 6) is 0. The van der Waals surface area contributed by atoms with Crippen LogP contribution >= 0.6 is 15.9 Å². The molecule has 0 radical (unpaired) electrons. The van der Waals surface area contributed by atoms with E-state index in [0.29, 0.717) is 6.04 Å². The Balaban J connectivity index is 1.82. The molecule has 2 nitrogen and oxygen atoms in total. The summed E-state index contributed by atoms with van der Waals surface area (Å²) < 4.78 is 1.22. The van der Waals surface area contributed by atoms with Crippen LogP contribution < -0.4 is 0 Å². The highest BCUT2D eigenvalue weighted by molar-refractivity contribution is 9.10. The van der Waals surface area contributed by atoms with Gasteiger partial charge in [0.25, 0.3) is 0 Å². The summed E-state index contributed by atoms with van der Waals surface area (Å²) in [5, 5.41) is 0. The molecule has 1 fully saturated rings. The maximum Gasteiger partial charge on any atom is 0.0352 e. The second-order valence-corrected chi connectivity index (χ2v) is 6.51. The lowest BCUT2D eigenvalue weighted by Crippen LogP contribution is -2.46. The average molecular weight is 309 g/mol. The summed E-state index contributed by atoms with van der Waals surface area (Å²) in [5.41, 5.74) is 3.13. The van der Waals surface area contributed by atoms with Crippen molar-refractivity contribution in [3.05, 3.63) is 33.8 Å². The molecule has 1 saturated heterocycles. The molecule has 0 unspecified atom stereocenters. The summed E-state index contributed by atoms with van der Waals surface area (Å²) in [6.45, 7) is 4.86. The topological polar surface area (TPSA) is 6.48 Å². The SMILES string of the molecule is CN1CCN([C@H]2CCCc3cc(Br)ccc32)CC1. The van der Waals surface area contributed by atoms with Gasteiger partial charge in [-0.15, -0.1) is 0 Å². The monoisotopic (exact) mass is 308 g/mol. The zero-order chi connectivity index (χ0) is 12.5. The predicted octanol–water partition coefficient (Wildman–Crippen LogP) is 3.07. The lowest BCUT2D eigenvalue weighted by molar-refractivity contribution is 0.102.